The van der Waals surface area contributed by atoms with Crippen LogP contribution in [-0.2, 0) is 6.54 Å². The molecule has 2 unspecified atom stereocenters. The van der Waals surface area contributed by atoms with Crippen molar-refractivity contribution in [3.8, 4) is 0 Å². The molecule has 0 aromatic heterocycles. The van der Waals surface area contributed by atoms with Gasteiger partial charge in [-0.25, -0.2) is 0 Å². The Labute approximate surface area is 126 Å². The fourth-order valence-corrected chi connectivity index (χ4v) is 2.46. The van der Waals surface area contributed by atoms with E-state index in [-0.39, 0.29) is 0 Å². The zero-order chi connectivity index (χ0) is 15.1. The van der Waals surface area contributed by atoms with Crippen LogP contribution in [0.3, 0.4) is 0 Å². The second kappa shape index (κ2) is 7.93. The minimum Gasteiger partial charge on any atom is -0.392 e. The van der Waals surface area contributed by atoms with Gasteiger partial charge in [-0.05, 0) is 18.2 Å². The predicted molar refractivity (Wildman–Crippen MR) is 84.8 cm³/mol. The lowest BCUT2D eigenvalue weighted by atomic mass is 10.0. The van der Waals surface area contributed by atoms with Crippen LogP contribution < -0.4 is 0 Å². The first-order chi connectivity index (χ1) is 10.1. The summed E-state index contributed by atoms with van der Waals surface area (Å²) in [4.78, 5) is 2.07. The van der Waals surface area contributed by atoms with Gasteiger partial charge in [0.15, 0.2) is 0 Å². The molecule has 21 heavy (non-hydrogen) atoms. The van der Waals surface area contributed by atoms with Gasteiger partial charge in [0.1, 0.15) is 0 Å². The summed E-state index contributed by atoms with van der Waals surface area (Å²) in [6, 6.07) is 19.6. The normalized spacial score (nSPS) is 14.1. The number of nitrogens with zero attached hydrogens (tertiary/aromatic N) is 1. The van der Waals surface area contributed by atoms with Gasteiger partial charge in [-0.3, -0.25) is 4.90 Å². The zero-order valence-corrected chi connectivity index (χ0v) is 12.4. The Bertz CT molecular complexity index is 515. The van der Waals surface area contributed by atoms with E-state index in [0.29, 0.717) is 13.0 Å². The van der Waals surface area contributed by atoms with Crippen LogP contribution in [0.1, 0.15) is 23.7 Å². The van der Waals surface area contributed by atoms with Crippen molar-refractivity contribution >= 4 is 0 Å². The zero-order valence-electron chi connectivity index (χ0n) is 12.4. The summed E-state index contributed by atoms with van der Waals surface area (Å²) in [5, 5.41) is 20.2. The number of hydrogen-bond donors (Lipinski definition) is 2. The quantitative estimate of drug-likeness (QED) is 0.822. The smallest absolute Gasteiger partial charge is 0.0815 e. The molecule has 3 nitrogen and oxygen atoms in total. The molecule has 0 spiro atoms. The maximum atomic E-state index is 10.1. The average Bonchev–Trinajstić information content (AvgIpc) is 2.48. The molecular weight excluding hydrogens is 262 g/mol. The fraction of sp³-hybridized carbons (Fsp3) is 0.333. The van der Waals surface area contributed by atoms with Crippen molar-refractivity contribution in [2.24, 2.45) is 0 Å². The highest BCUT2D eigenvalue weighted by molar-refractivity contribution is 5.17. The minimum absolute atomic E-state index is 0.350. The van der Waals surface area contributed by atoms with E-state index in [0.717, 1.165) is 12.1 Å². The van der Waals surface area contributed by atoms with Crippen molar-refractivity contribution in [3.63, 3.8) is 0 Å². The predicted octanol–water partition coefficient (Wildman–Crippen LogP) is 2.60. The molecule has 0 amide bonds. The van der Waals surface area contributed by atoms with E-state index in [2.05, 4.69) is 17.0 Å². The van der Waals surface area contributed by atoms with Crippen molar-refractivity contribution < 1.29 is 10.2 Å². The lowest BCUT2D eigenvalue weighted by molar-refractivity contribution is 0.0580. The summed E-state index contributed by atoms with van der Waals surface area (Å²) < 4.78 is 0. The van der Waals surface area contributed by atoms with Crippen LogP contribution >= 0.6 is 0 Å². The summed E-state index contributed by atoms with van der Waals surface area (Å²) in [6.45, 7) is 1.33. The molecule has 0 fully saturated rings. The summed E-state index contributed by atoms with van der Waals surface area (Å²) in [7, 11) is 1.98. The van der Waals surface area contributed by atoms with Crippen LogP contribution in [0.25, 0.3) is 0 Å². The first-order valence-corrected chi connectivity index (χ1v) is 7.28. The van der Waals surface area contributed by atoms with Gasteiger partial charge >= 0.3 is 0 Å². The molecule has 0 saturated heterocycles. The Morgan fingerprint density at radius 2 is 1.48 bits per heavy atom. The van der Waals surface area contributed by atoms with Gasteiger partial charge in [0, 0.05) is 19.5 Å². The van der Waals surface area contributed by atoms with Crippen molar-refractivity contribution in [2.75, 3.05) is 13.6 Å². The third kappa shape index (κ3) is 5.31. The van der Waals surface area contributed by atoms with Crippen LogP contribution in [0.2, 0.25) is 0 Å². The minimum atomic E-state index is -0.619. The van der Waals surface area contributed by atoms with Crippen LogP contribution in [0, 0.1) is 0 Å². The molecule has 0 saturated carbocycles. The number of hydrogen-bond acceptors (Lipinski definition) is 3. The number of aliphatic hydroxyl groups excluding tert-OH is 2. The monoisotopic (exact) mass is 285 g/mol. The standard InChI is InChI=1S/C18H23NO2/c1-19(13-15-8-4-2-5-9-15)14-17(20)12-18(21)16-10-6-3-7-11-16/h2-11,17-18,20-21H,12-14H2,1H3. The largest absolute Gasteiger partial charge is 0.392 e. The van der Waals surface area contributed by atoms with E-state index in [1.165, 1.54) is 5.56 Å². The number of aliphatic hydroxyl groups is 2. The molecule has 0 heterocycles. The van der Waals surface area contributed by atoms with Crippen LogP contribution in [-0.4, -0.2) is 34.8 Å². The SMILES string of the molecule is CN(Cc1ccccc1)CC(O)CC(O)c1ccccc1. The highest BCUT2D eigenvalue weighted by Gasteiger charge is 2.15. The third-order valence-corrected chi connectivity index (χ3v) is 3.50. The molecule has 3 heteroatoms. The maximum Gasteiger partial charge on any atom is 0.0815 e. The third-order valence-electron chi connectivity index (χ3n) is 3.50. The molecule has 0 aliphatic carbocycles. The summed E-state index contributed by atoms with van der Waals surface area (Å²) in [5.41, 5.74) is 2.07. The van der Waals surface area contributed by atoms with Gasteiger partial charge in [-0.2, -0.15) is 0 Å². The van der Waals surface area contributed by atoms with E-state index in [9.17, 15) is 10.2 Å². The topological polar surface area (TPSA) is 43.7 Å². The number of likely N-dealkylation sites (N-methyl/N-ethyl adjacent to an activating group) is 1. The molecule has 0 bridgehead atoms. The van der Waals surface area contributed by atoms with Gasteiger partial charge in [0.25, 0.3) is 0 Å². The van der Waals surface area contributed by atoms with E-state index >= 15 is 0 Å². The van der Waals surface area contributed by atoms with Gasteiger partial charge in [0.05, 0.1) is 12.2 Å². The molecule has 0 aliphatic rings. The highest BCUT2D eigenvalue weighted by Crippen LogP contribution is 2.18. The van der Waals surface area contributed by atoms with E-state index in [4.69, 9.17) is 0 Å². The number of rotatable bonds is 7. The van der Waals surface area contributed by atoms with E-state index in [1.807, 2.05) is 55.6 Å². The summed E-state index contributed by atoms with van der Waals surface area (Å²) in [6.07, 6.45) is -0.816. The molecule has 2 rings (SSSR count). The number of benzene rings is 2. The van der Waals surface area contributed by atoms with Crippen molar-refractivity contribution in [2.45, 2.75) is 25.2 Å². The molecule has 2 N–H and O–H groups in total. The van der Waals surface area contributed by atoms with Crippen LogP contribution in [0.15, 0.2) is 60.7 Å². The Morgan fingerprint density at radius 1 is 0.905 bits per heavy atom. The Balaban J connectivity index is 1.80. The van der Waals surface area contributed by atoms with Crippen molar-refractivity contribution in [3.05, 3.63) is 71.8 Å². The summed E-state index contributed by atoms with van der Waals surface area (Å²) >= 11 is 0. The van der Waals surface area contributed by atoms with Gasteiger partial charge in [0.2, 0.25) is 0 Å². The Morgan fingerprint density at radius 3 is 2.10 bits per heavy atom. The summed E-state index contributed by atoms with van der Waals surface area (Å²) in [5.74, 6) is 0. The van der Waals surface area contributed by atoms with Crippen molar-refractivity contribution in [1.29, 1.82) is 0 Å². The molecule has 2 aromatic rings. The highest BCUT2D eigenvalue weighted by atomic mass is 16.3. The maximum absolute atomic E-state index is 10.1. The first-order valence-electron chi connectivity index (χ1n) is 7.28. The van der Waals surface area contributed by atoms with Crippen molar-refractivity contribution in [1.82, 2.24) is 4.90 Å². The Kier molecular flexibility index (Phi) is 5.93. The lowest BCUT2D eigenvalue weighted by Gasteiger charge is -2.22. The molecule has 0 radical (unpaired) electrons. The molecule has 2 aromatic carbocycles. The molecule has 0 aliphatic heterocycles. The molecule has 2 atom stereocenters. The van der Waals surface area contributed by atoms with E-state index in [1.54, 1.807) is 0 Å². The molecule has 112 valence electrons. The van der Waals surface area contributed by atoms with Gasteiger partial charge in [-0.1, -0.05) is 60.7 Å². The van der Waals surface area contributed by atoms with Crippen LogP contribution in [0.5, 0.6) is 0 Å². The van der Waals surface area contributed by atoms with Crippen LogP contribution in [0.4, 0.5) is 0 Å². The molecular formula is C18H23NO2. The average molecular weight is 285 g/mol. The van der Waals surface area contributed by atoms with Gasteiger partial charge in [-0.15, -0.1) is 0 Å². The lowest BCUT2D eigenvalue weighted by Crippen LogP contribution is -2.30. The Hall–Kier alpha value is -1.68. The van der Waals surface area contributed by atoms with E-state index < -0.39 is 12.2 Å². The fourth-order valence-electron chi connectivity index (χ4n) is 2.46. The van der Waals surface area contributed by atoms with Gasteiger partial charge < -0.3 is 10.2 Å². The second-order valence-corrected chi connectivity index (χ2v) is 5.50. The first kappa shape index (κ1) is 15.7. The second-order valence-electron chi connectivity index (χ2n) is 5.50.